The molecule has 0 aliphatic carbocycles. The van der Waals surface area contributed by atoms with Gasteiger partial charge in [0.05, 0.1) is 0 Å². The highest BCUT2D eigenvalue weighted by Gasteiger charge is 2.41. The van der Waals surface area contributed by atoms with Crippen molar-refractivity contribution >= 4 is 6.29 Å². The fraction of sp³-hybridized carbons (Fsp3) is 0.250. The van der Waals surface area contributed by atoms with Crippen LogP contribution in [-0.4, -0.2) is 22.7 Å². The number of pyridine rings is 1. The van der Waals surface area contributed by atoms with Gasteiger partial charge in [-0.1, -0.05) is 0 Å². The third-order valence-corrected chi connectivity index (χ3v) is 1.60. The summed E-state index contributed by atoms with van der Waals surface area (Å²) in [6, 6.07) is 0.0209. The van der Waals surface area contributed by atoms with E-state index in [1.54, 1.807) is 0 Å². The maximum absolute atomic E-state index is 12.4. The van der Waals surface area contributed by atoms with Crippen molar-refractivity contribution < 1.29 is 41.0 Å². The third kappa shape index (κ3) is 3.25. The Balaban J connectivity index is 3.40. The molecular weight excluding hydrogens is 272 g/mol. The molecule has 100 valence electrons. The number of hydrogen-bond donors (Lipinski definition) is 1. The number of carbonyl (C=O) groups excluding carboxylic acids is 1. The van der Waals surface area contributed by atoms with Crippen LogP contribution in [-0.2, 0) is 6.18 Å². The van der Waals surface area contributed by atoms with Gasteiger partial charge in [0, 0.05) is 6.07 Å². The summed E-state index contributed by atoms with van der Waals surface area (Å²) in [6.45, 7) is 0. The van der Waals surface area contributed by atoms with E-state index >= 15 is 0 Å². The van der Waals surface area contributed by atoms with Gasteiger partial charge in [0.15, 0.2) is 17.7 Å². The molecule has 0 saturated carbocycles. The Morgan fingerprint density at radius 2 is 1.78 bits per heavy atom. The Labute approximate surface area is 94.8 Å². The van der Waals surface area contributed by atoms with E-state index in [0.29, 0.717) is 0 Å². The van der Waals surface area contributed by atoms with E-state index in [1.165, 1.54) is 0 Å². The second kappa shape index (κ2) is 4.35. The normalized spacial score (nSPS) is 12.3. The first-order chi connectivity index (χ1) is 8.04. The molecule has 0 aromatic carbocycles. The summed E-state index contributed by atoms with van der Waals surface area (Å²) in [6.07, 6.45) is -10.9. The number of rotatable bonds is 2. The van der Waals surface area contributed by atoms with Gasteiger partial charge in [-0.05, 0) is 0 Å². The summed E-state index contributed by atoms with van der Waals surface area (Å²) in [5, 5.41) is 8.97. The van der Waals surface area contributed by atoms with Crippen molar-refractivity contribution in [2.45, 2.75) is 12.5 Å². The van der Waals surface area contributed by atoms with E-state index in [4.69, 9.17) is 5.11 Å². The van der Waals surface area contributed by atoms with Crippen LogP contribution in [0.3, 0.4) is 0 Å². The minimum atomic E-state index is -5.39. The second-order valence-electron chi connectivity index (χ2n) is 2.90. The van der Waals surface area contributed by atoms with E-state index in [2.05, 4.69) is 9.72 Å². The highest BCUT2D eigenvalue weighted by atomic mass is 19.4. The number of aromatic nitrogens is 1. The van der Waals surface area contributed by atoms with Crippen LogP contribution in [0, 0.1) is 0 Å². The quantitative estimate of drug-likeness (QED) is 0.665. The van der Waals surface area contributed by atoms with Crippen LogP contribution in [0.25, 0.3) is 0 Å². The number of alkyl halides is 6. The molecule has 18 heavy (non-hydrogen) atoms. The summed E-state index contributed by atoms with van der Waals surface area (Å²) in [4.78, 5) is 12.8. The lowest BCUT2D eigenvalue weighted by Gasteiger charge is -2.15. The second-order valence-corrected chi connectivity index (χ2v) is 2.90. The molecule has 1 aromatic rings. The van der Waals surface area contributed by atoms with Crippen molar-refractivity contribution in [3.63, 3.8) is 0 Å². The molecular formula is C8H3F6NO3. The molecule has 1 N–H and O–H groups in total. The fourth-order valence-corrected chi connectivity index (χ4v) is 0.992. The molecule has 0 aliphatic heterocycles. The van der Waals surface area contributed by atoms with E-state index in [1.807, 2.05) is 0 Å². The number of hydrogen-bond acceptors (Lipinski definition) is 4. The maximum Gasteiger partial charge on any atom is 0.573 e. The Morgan fingerprint density at radius 1 is 1.22 bits per heavy atom. The minimum Gasteiger partial charge on any atom is -0.505 e. The van der Waals surface area contributed by atoms with Gasteiger partial charge < -0.3 is 9.84 Å². The van der Waals surface area contributed by atoms with Crippen molar-refractivity contribution in [1.82, 2.24) is 4.98 Å². The van der Waals surface area contributed by atoms with E-state index < -0.39 is 35.4 Å². The van der Waals surface area contributed by atoms with E-state index in [-0.39, 0.29) is 12.4 Å². The van der Waals surface area contributed by atoms with Gasteiger partial charge in [-0.2, -0.15) is 13.2 Å². The first-order valence-electron chi connectivity index (χ1n) is 4.06. The predicted octanol–water partition coefficient (Wildman–Crippen LogP) is 2.52. The number of aromatic hydroxyl groups is 1. The van der Waals surface area contributed by atoms with Crippen molar-refractivity contribution in [3.8, 4) is 11.5 Å². The van der Waals surface area contributed by atoms with Crippen LogP contribution in [0.2, 0.25) is 0 Å². The third-order valence-electron chi connectivity index (χ3n) is 1.60. The minimum absolute atomic E-state index is 0.0209. The maximum atomic E-state index is 12.4. The zero-order chi connectivity index (χ0) is 14.1. The molecule has 0 spiro atoms. The SMILES string of the molecule is O=Cc1nc(C(F)(F)F)c(OC(F)(F)F)cc1O. The van der Waals surface area contributed by atoms with Crippen molar-refractivity contribution in [1.29, 1.82) is 0 Å². The van der Waals surface area contributed by atoms with Gasteiger partial charge in [0.2, 0.25) is 0 Å². The predicted molar refractivity (Wildman–Crippen MR) is 43.0 cm³/mol. The van der Waals surface area contributed by atoms with Crippen LogP contribution in [0.5, 0.6) is 11.5 Å². The van der Waals surface area contributed by atoms with Crippen molar-refractivity contribution in [3.05, 3.63) is 17.5 Å². The highest BCUT2D eigenvalue weighted by molar-refractivity contribution is 5.76. The number of ether oxygens (including phenoxy) is 1. The molecule has 0 unspecified atom stereocenters. The molecule has 10 heteroatoms. The van der Waals surface area contributed by atoms with Crippen LogP contribution >= 0.6 is 0 Å². The fourth-order valence-electron chi connectivity index (χ4n) is 0.992. The average molecular weight is 275 g/mol. The molecule has 0 saturated heterocycles. The van der Waals surface area contributed by atoms with Crippen LogP contribution in [0.15, 0.2) is 6.07 Å². The van der Waals surface area contributed by atoms with Gasteiger partial charge >= 0.3 is 12.5 Å². The van der Waals surface area contributed by atoms with Crippen molar-refractivity contribution in [2.24, 2.45) is 0 Å². The average Bonchev–Trinajstić information content (AvgIpc) is 2.13. The summed E-state index contributed by atoms with van der Waals surface area (Å²) in [5.74, 6) is -2.89. The molecule has 0 aliphatic rings. The number of aldehydes is 1. The summed E-state index contributed by atoms with van der Waals surface area (Å²) >= 11 is 0. The van der Waals surface area contributed by atoms with Gasteiger partial charge in [-0.25, -0.2) is 4.98 Å². The van der Waals surface area contributed by atoms with Gasteiger partial charge in [-0.15, -0.1) is 13.2 Å². The molecule has 4 nitrogen and oxygen atoms in total. The van der Waals surface area contributed by atoms with Gasteiger partial charge in [0.25, 0.3) is 0 Å². The lowest BCUT2D eigenvalue weighted by molar-refractivity contribution is -0.276. The Kier molecular flexibility index (Phi) is 3.40. The highest BCUT2D eigenvalue weighted by Crippen LogP contribution is 2.39. The number of halogens is 6. The lowest BCUT2D eigenvalue weighted by Crippen LogP contribution is -2.21. The van der Waals surface area contributed by atoms with Crippen LogP contribution in [0.1, 0.15) is 16.2 Å². The number of nitrogens with zero attached hydrogens (tertiary/aromatic N) is 1. The van der Waals surface area contributed by atoms with Gasteiger partial charge in [0.1, 0.15) is 11.4 Å². The molecule has 1 heterocycles. The van der Waals surface area contributed by atoms with E-state index in [9.17, 15) is 31.1 Å². The zero-order valence-corrected chi connectivity index (χ0v) is 8.13. The Hall–Kier alpha value is -2.00. The van der Waals surface area contributed by atoms with Gasteiger partial charge in [-0.3, -0.25) is 4.79 Å². The zero-order valence-electron chi connectivity index (χ0n) is 8.13. The summed E-state index contributed by atoms with van der Waals surface area (Å²) < 4.78 is 75.7. The number of carbonyl (C=O) groups is 1. The molecule has 0 atom stereocenters. The summed E-state index contributed by atoms with van der Waals surface area (Å²) in [7, 11) is 0. The Bertz CT molecular complexity index is 467. The monoisotopic (exact) mass is 275 g/mol. The molecule has 1 aromatic heterocycles. The smallest absolute Gasteiger partial charge is 0.505 e. The standard InChI is InChI=1S/C8H3F6NO3/c9-7(10,11)6-5(18-8(12,13)14)1-4(17)3(2-16)15-6/h1-2,17H. The topological polar surface area (TPSA) is 59.4 Å². The molecule has 0 bridgehead atoms. The molecule has 0 radical (unpaired) electrons. The molecule has 1 rings (SSSR count). The first-order valence-corrected chi connectivity index (χ1v) is 4.06. The largest absolute Gasteiger partial charge is 0.573 e. The molecule has 0 fully saturated rings. The van der Waals surface area contributed by atoms with Crippen LogP contribution in [0.4, 0.5) is 26.3 Å². The Morgan fingerprint density at radius 3 is 2.17 bits per heavy atom. The van der Waals surface area contributed by atoms with Crippen molar-refractivity contribution in [2.75, 3.05) is 0 Å². The van der Waals surface area contributed by atoms with E-state index in [0.717, 1.165) is 0 Å². The lowest BCUT2D eigenvalue weighted by atomic mass is 10.2. The van der Waals surface area contributed by atoms with Crippen LogP contribution < -0.4 is 4.74 Å². The molecule has 0 amide bonds. The first kappa shape index (κ1) is 14.1. The summed E-state index contributed by atoms with van der Waals surface area (Å²) in [5.41, 5.74) is -3.10.